The van der Waals surface area contributed by atoms with Gasteiger partial charge in [-0.25, -0.2) is 0 Å². The third-order valence-electron chi connectivity index (χ3n) is 5.00. The van der Waals surface area contributed by atoms with Gasteiger partial charge in [0.1, 0.15) is 11.9 Å². The van der Waals surface area contributed by atoms with Gasteiger partial charge >= 0.3 is 0 Å². The molecule has 1 saturated heterocycles. The molecular formula is C19H23N3O. The Balaban J connectivity index is 1.69. The second-order valence-corrected chi connectivity index (χ2v) is 6.50. The molecule has 0 bridgehead atoms. The highest BCUT2D eigenvalue weighted by atomic mass is 16.2. The smallest absolute Gasteiger partial charge is 0.272 e. The number of hydrogen-bond donors (Lipinski definition) is 1. The first-order valence-electron chi connectivity index (χ1n) is 8.60. The van der Waals surface area contributed by atoms with Gasteiger partial charge in [-0.05, 0) is 49.6 Å². The van der Waals surface area contributed by atoms with E-state index in [4.69, 9.17) is 0 Å². The standard InChI is InChI=1S/C19H23N3O/c23-19-17(21-12-5-2-6-13-21)14-15-8-7-11-20-18(15)22(19)16-9-3-1-4-10-16/h1,3-4,7-9,11,14,16,18,20H,2,5-6,10,12-13H2. The Labute approximate surface area is 137 Å². The summed E-state index contributed by atoms with van der Waals surface area (Å²) in [4.78, 5) is 17.5. The van der Waals surface area contributed by atoms with E-state index in [1.807, 2.05) is 23.3 Å². The lowest BCUT2D eigenvalue weighted by Crippen LogP contribution is -2.57. The fourth-order valence-electron chi connectivity index (χ4n) is 3.81. The summed E-state index contributed by atoms with van der Waals surface area (Å²) >= 11 is 0. The van der Waals surface area contributed by atoms with Crippen molar-refractivity contribution in [3.05, 3.63) is 60.0 Å². The average Bonchev–Trinajstić information content (AvgIpc) is 2.63. The second-order valence-electron chi connectivity index (χ2n) is 6.50. The largest absolute Gasteiger partial charge is 0.367 e. The molecule has 3 aliphatic heterocycles. The van der Waals surface area contributed by atoms with Crippen molar-refractivity contribution >= 4 is 5.91 Å². The van der Waals surface area contributed by atoms with E-state index < -0.39 is 0 Å². The normalized spacial score (nSPS) is 29.8. The minimum absolute atomic E-state index is 0.0535. The molecule has 23 heavy (non-hydrogen) atoms. The van der Waals surface area contributed by atoms with E-state index in [0.717, 1.165) is 25.2 Å². The van der Waals surface area contributed by atoms with E-state index in [-0.39, 0.29) is 18.1 Å². The first kappa shape index (κ1) is 14.4. The molecule has 1 N–H and O–H groups in total. The number of likely N-dealkylation sites (tertiary alicyclic amines) is 1. The van der Waals surface area contributed by atoms with Gasteiger partial charge in [-0.2, -0.15) is 0 Å². The van der Waals surface area contributed by atoms with Crippen LogP contribution in [0.4, 0.5) is 0 Å². The molecular weight excluding hydrogens is 286 g/mol. The maximum Gasteiger partial charge on any atom is 0.272 e. The molecule has 0 spiro atoms. The molecule has 3 heterocycles. The van der Waals surface area contributed by atoms with Gasteiger partial charge in [0.05, 0.1) is 6.04 Å². The summed E-state index contributed by atoms with van der Waals surface area (Å²) in [5.41, 5.74) is 2.04. The fraction of sp³-hybridized carbons (Fsp3) is 0.421. The summed E-state index contributed by atoms with van der Waals surface area (Å²) in [5.74, 6) is 0.154. The van der Waals surface area contributed by atoms with Crippen molar-refractivity contribution in [3.63, 3.8) is 0 Å². The molecule has 4 aliphatic rings. The highest BCUT2D eigenvalue weighted by Gasteiger charge is 2.38. The number of dihydropyridines is 1. The van der Waals surface area contributed by atoms with Crippen LogP contribution in [0.1, 0.15) is 25.7 Å². The zero-order valence-electron chi connectivity index (χ0n) is 13.3. The van der Waals surface area contributed by atoms with Crippen molar-refractivity contribution in [2.45, 2.75) is 37.9 Å². The van der Waals surface area contributed by atoms with Crippen molar-refractivity contribution in [3.8, 4) is 0 Å². The molecule has 1 aliphatic carbocycles. The molecule has 0 saturated carbocycles. The lowest BCUT2D eigenvalue weighted by Gasteiger charge is -2.44. The van der Waals surface area contributed by atoms with Crippen molar-refractivity contribution in [1.29, 1.82) is 0 Å². The zero-order valence-corrected chi connectivity index (χ0v) is 13.3. The van der Waals surface area contributed by atoms with Crippen molar-refractivity contribution in [1.82, 2.24) is 15.1 Å². The molecule has 2 unspecified atom stereocenters. The Kier molecular flexibility index (Phi) is 3.82. The number of carbonyl (C=O) groups excluding carboxylic acids is 1. The van der Waals surface area contributed by atoms with Gasteiger partial charge in [-0.3, -0.25) is 4.79 Å². The minimum atomic E-state index is -0.0535. The molecule has 4 heteroatoms. The van der Waals surface area contributed by atoms with Crippen LogP contribution in [0.5, 0.6) is 0 Å². The third kappa shape index (κ3) is 2.62. The Morgan fingerprint density at radius 2 is 1.96 bits per heavy atom. The molecule has 4 nitrogen and oxygen atoms in total. The molecule has 120 valence electrons. The monoisotopic (exact) mass is 309 g/mol. The summed E-state index contributed by atoms with van der Waals surface area (Å²) in [6.07, 6.45) is 21.0. The highest BCUT2D eigenvalue weighted by molar-refractivity contribution is 5.96. The molecule has 2 atom stereocenters. The van der Waals surface area contributed by atoms with E-state index >= 15 is 0 Å². The van der Waals surface area contributed by atoms with E-state index in [1.54, 1.807) is 0 Å². The van der Waals surface area contributed by atoms with Crippen LogP contribution in [0.25, 0.3) is 0 Å². The van der Waals surface area contributed by atoms with Crippen LogP contribution in [0.2, 0.25) is 0 Å². The fourth-order valence-corrected chi connectivity index (χ4v) is 3.81. The molecule has 0 aromatic heterocycles. The van der Waals surface area contributed by atoms with Gasteiger partial charge in [-0.1, -0.05) is 30.4 Å². The number of amides is 1. The quantitative estimate of drug-likeness (QED) is 0.851. The van der Waals surface area contributed by atoms with Crippen molar-refractivity contribution in [2.75, 3.05) is 13.1 Å². The second kappa shape index (κ2) is 6.11. The number of carbonyl (C=O) groups is 1. The molecule has 0 aromatic rings. The van der Waals surface area contributed by atoms with Crippen molar-refractivity contribution < 1.29 is 4.79 Å². The summed E-state index contributed by atoms with van der Waals surface area (Å²) in [5, 5.41) is 3.36. The Morgan fingerprint density at radius 1 is 1.09 bits per heavy atom. The maximum atomic E-state index is 13.2. The number of nitrogens with one attached hydrogen (secondary N) is 1. The van der Waals surface area contributed by atoms with Gasteiger partial charge < -0.3 is 15.1 Å². The number of nitrogens with zero attached hydrogens (tertiary/aromatic N) is 2. The van der Waals surface area contributed by atoms with Gasteiger partial charge in [0.2, 0.25) is 0 Å². The molecule has 1 amide bonds. The molecule has 0 radical (unpaired) electrons. The Bertz CT molecular complexity index is 635. The third-order valence-corrected chi connectivity index (χ3v) is 5.00. The van der Waals surface area contributed by atoms with Gasteiger partial charge in [0, 0.05) is 13.1 Å². The molecule has 1 fully saturated rings. The number of rotatable bonds is 2. The van der Waals surface area contributed by atoms with Crippen molar-refractivity contribution in [2.24, 2.45) is 0 Å². The van der Waals surface area contributed by atoms with Gasteiger partial charge in [0.25, 0.3) is 5.91 Å². The Hall–Kier alpha value is -2.23. The summed E-state index contributed by atoms with van der Waals surface area (Å²) in [7, 11) is 0. The van der Waals surface area contributed by atoms with Crippen LogP contribution in [0.15, 0.2) is 60.0 Å². The topological polar surface area (TPSA) is 35.6 Å². The van der Waals surface area contributed by atoms with Crippen LogP contribution in [0, 0.1) is 0 Å². The van der Waals surface area contributed by atoms with Crippen LogP contribution in [-0.4, -0.2) is 41.0 Å². The summed E-state index contributed by atoms with van der Waals surface area (Å²) in [6.45, 7) is 1.99. The van der Waals surface area contributed by atoms with Crippen LogP contribution in [-0.2, 0) is 4.79 Å². The lowest BCUT2D eigenvalue weighted by molar-refractivity contribution is -0.133. The van der Waals surface area contributed by atoms with Gasteiger partial charge in [-0.15, -0.1) is 0 Å². The number of piperidine rings is 1. The summed E-state index contributed by atoms with van der Waals surface area (Å²) in [6, 6.07) is 0.119. The van der Waals surface area contributed by atoms with Crippen LogP contribution >= 0.6 is 0 Å². The minimum Gasteiger partial charge on any atom is -0.367 e. The van der Waals surface area contributed by atoms with E-state index in [1.165, 1.54) is 24.8 Å². The summed E-state index contributed by atoms with van der Waals surface area (Å²) < 4.78 is 0. The first-order valence-corrected chi connectivity index (χ1v) is 8.60. The Morgan fingerprint density at radius 3 is 2.74 bits per heavy atom. The van der Waals surface area contributed by atoms with Crippen LogP contribution in [0.3, 0.4) is 0 Å². The SMILES string of the molecule is O=C1C(N2CCCCC2)=CC2=CC=CNC2N1C1C=CC=CC1. The first-order chi connectivity index (χ1) is 11.3. The number of hydrogen-bond acceptors (Lipinski definition) is 3. The molecule has 4 rings (SSSR count). The predicted molar refractivity (Wildman–Crippen MR) is 91.2 cm³/mol. The van der Waals surface area contributed by atoms with E-state index in [9.17, 15) is 4.79 Å². The number of allylic oxidation sites excluding steroid dienone is 4. The average molecular weight is 309 g/mol. The molecule has 0 aromatic carbocycles. The highest BCUT2D eigenvalue weighted by Crippen LogP contribution is 2.30. The van der Waals surface area contributed by atoms with E-state index in [0.29, 0.717) is 0 Å². The maximum absolute atomic E-state index is 13.2. The number of fused-ring (bicyclic) bond motifs is 1. The zero-order chi connectivity index (χ0) is 15.6. The van der Waals surface area contributed by atoms with Crippen LogP contribution < -0.4 is 5.32 Å². The van der Waals surface area contributed by atoms with Gasteiger partial charge in [0.15, 0.2) is 0 Å². The van der Waals surface area contributed by atoms with E-state index in [2.05, 4.69) is 40.6 Å². The predicted octanol–water partition coefficient (Wildman–Crippen LogP) is 2.45. The lowest BCUT2D eigenvalue weighted by atomic mass is 9.96.